The van der Waals surface area contributed by atoms with Crippen molar-refractivity contribution in [2.45, 2.75) is 6.54 Å². The van der Waals surface area contributed by atoms with Crippen LogP contribution in [0, 0.1) is 5.82 Å². The predicted molar refractivity (Wildman–Crippen MR) is 48.9 cm³/mol. The van der Waals surface area contributed by atoms with E-state index in [-0.39, 0.29) is 5.82 Å². The van der Waals surface area contributed by atoms with Crippen molar-refractivity contribution in [3.8, 4) is 0 Å². The van der Waals surface area contributed by atoms with Gasteiger partial charge in [0.2, 0.25) is 0 Å². The molecule has 1 aromatic carbocycles. The lowest BCUT2D eigenvalue weighted by atomic mass is 10.2. The molecule has 0 spiro atoms. The highest BCUT2D eigenvalue weighted by Crippen LogP contribution is 2.23. The molecule has 2 nitrogen and oxygen atoms in total. The lowest BCUT2D eigenvalue weighted by Crippen LogP contribution is -2.03. The fraction of sp³-hybridized carbons (Fsp3) is 0.200. The van der Waals surface area contributed by atoms with Crippen LogP contribution in [-0.2, 0) is 6.54 Å². The average molecular weight is 179 g/mol. The molecule has 0 saturated carbocycles. The second-order valence-corrected chi connectivity index (χ2v) is 2.91. The van der Waals surface area contributed by atoms with E-state index < -0.39 is 0 Å². The molecule has 0 aliphatic rings. The third-order valence-corrected chi connectivity index (χ3v) is 2.00. The molecular weight excluding hydrogens is 169 g/mol. The van der Waals surface area contributed by atoms with Crippen LogP contribution in [0.15, 0.2) is 28.9 Å². The van der Waals surface area contributed by atoms with Crippen LogP contribution in [0.1, 0.15) is 5.56 Å². The van der Waals surface area contributed by atoms with Crippen molar-refractivity contribution in [3.05, 3.63) is 35.8 Å². The summed E-state index contributed by atoms with van der Waals surface area (Å²) in [4.78, 5) is 0. The standard InChI is InChI=1S/C10H10FNO/c1-12-5-7-6-13-10-8(7)3-2-4-9(10)11/h2-4,6,12H,5H2,1H3. The number of fused-ring (bicyclic) bond motifs is 1. The van der Waals surface area contributed by atoms with Gasteiger partial charge in [0.05, 0.1) is 6.26 Å². The molecular formula is C10H10FNO. The average Bonchev–Trinajstić information content (AvgIpc) is 2.51. The van der Waals surface area contributed by atoms with Crippen LogP contribution in [-0.4, -0.2) is 7.05 Å². The van der Waals surface area contributed by atoms with Gasteiger partial charge in [0, 0.05) is 17.5 Å². The maximum Gasteiger partial charge on any atom is 0.169 e. The van der Waals surface area contributed by atoms with Crippen molar-refractivity contribution in [2.24, 2.45) is 0 Å². The lowest BCUT2D eigenvalue weighted by molar-refractivity contribution is 0.557. The molecule has 68 valence electrons. The van der Waals surface area contributed by atoms with E-state index in [4.69, 9.17) is 4.42 Å². The number of halogens is 1. The molecule has 0 aliphatic carbocycles. The zero-order valence-corrected chi connectivity index (χ0v) is 7.30. The molecule has 0 amide bonds. The summed E-state index contributed by atoms with van der Waals surface area (Å²) in [5.41, 5.74) is 1.32. The number of hydrogen-bond donors (Lipinski definition) is 1. The molecule has 13 heavy (non-hydrogen) atoms. The molecule has 0 atom stereocenters. The van der Waals surface area contributed by atoms with Crippen LogP contribution < -0.4 is 5.32 Å². The Kier molecular flexibility index (Phi) is 2.02. The summed E-state index contributed by atoms with van der Waals surface area (Å²) in [5.74, 6) is -0.306. The van der Waals surface area contributed by atoms with Crippen molar-refractivity contribution < 1.29 is 8.81 Å². The third-order valence-electron chi connectivity index (χ3n) is 2.00. The van der Waals surface area contributed by atoms with Crippen molar-refractivity contribution in [3.63, 3.8) is 0 Å². The number of hydrogen-bond acceptors (Lipinski definition) is 2. The van der Waals surface area contributed by atoms with Gasteiger partial charge in [0.15, 0.2) is 11.4 Å². The van der Waals surface area contributed by atoms with Crippen LogP contribution in [0.4, 0.5) is 4.39 Å². The minimum atomic E-state index is -0.306. The predicted octanol–water partition coefficient (Wildman–Crippen LogP) is 2.29. The number of furan rings is 1. The molecule has 2 rings (SSSR count). The Morgan fingerprint density at radius 1 is 1.46 bits per heavy atom. The van der Waals surface area contributed by atoms with Crippen molar-refractivity contribution in [2.75, 3.05) is 7.05 Å². The summed E-state index contributed by atoms with van der Waals surface area (Å²) in [6.07, 6.45) is 1.59. The Balaban J connectivity index is 2.61. The normalized spacial score (nSPS) is 10.9. The molecule has 0 aliphatic heterocycles. The Hall–Kier alpha value is -1.35. The Labute approximate surface area is 75.4 Å². The number of para-hydroxylation sites is 1. The van der Waals surface area contributed by atoms with Gasteiger partial charge in [0.1, 0.15) is 0 Å². The summed E-state index contributed by atoms with van der Waals surface area (Å²) in [5, 5.41) is 3.84. The van der Waals surface area contributed by atoms with Crippen LogP contribution in [0.2, 0.25) is 0 Å². The fourth-order valence-electron chi connectivity index (χ4n) is 1.40. The monoisotopic (exact) mass is 179 g/mol. The van der Waals surface area contributed by atoms with Crippen LogP contribution in [0.3, 0.4) is 0 Å². The molecule has 1 aromatic heterocycles. The van der Waals surface area contributed by atoms with Crippen LogP contribution in [0.25, 0.3) is 11.0 Å². The quantitative estimate of drug-likeness (QED) is 0.765. The molecule has 0 saturated heterocycles. The highest BCUT2D eigenvalue weighted by Gasteiger charge is 2.07. The molecule has 2 aromatic rings. The first-order valence-electron chi connectivity index (χ1n) is 4.12. The van der Waals surface area contributed by atoms with E-state index in [1.54, 1.807) is 12.3 Å². The molecule has 0 unspecified atom stereocenters. The first kappa shape index (κ1) is 8.26. The molecule has 0 bridgehead atoms. The maximum atomic E-state index is 13.1. The SMILES string of the molecule is CNCc1coc2c(F)cccc12. The van der Waals surface area contributed by atoms with E-state index in [0.29, 0.717) is 12.1 Å². The smallest absolute Gasteiger partial charge is 0.169 e. The summed E-state index contributed by atoms with van der Waals surface area (Å²) in [7, 11) is 1.85. The lowest BCUT2D eigenvalue weighted by Gasteiger charge is -1.94. The van der Waals surface area contributed by atoms with E-state index in [1.165, 1.54) is 6.07 Å². The molecule has 3 heteroatoms. The Morgan fingerprint density at radius 2 is 2.31 bits per heavy atom. The van der Waals surface area contributed by atoms with E-state index in [2.05, 4.69) is 5.32 Å². The summed E-state index contributed by atoms with van der Waals surface area (Å²) in [6, 6.07) is 4.94. The first-order chi connectivity index (χ1) is 6.33. The van der Waals surface area contributed by atoms with Crippen molar-refractivity contribution >= 4 is 11.0 Å². The topological polar surface area (TPSA) is 25.2 Å². The highest BCUT2D eigenvalue weighted by atomic mass is 19.1. The minimum absolute atomic E-state index is 0.306. The van der Waals surface area contributed by atoms with Gasteiger partial charge in [-0.15, -0.1) is 0 Å². The van der Waals surface area contributed by atoms with E-state index in [0.717, 1.165) is 10.9 Å². The summed E-state index contributed by atoms with van der Waals surface area (Å²) >= 11 is 0. The summed E-state index contributed by atoms with van der Waals surface area (Å²) in [6.45, 7) is 0.691. The minimum Gasteiger partial charge on any atom is -0.461 e. The molecule has 1 heterocycles. The second-order valence-electron chi connectivity index (χ2n) is 2.91. The van der Waals surface area contributed by atoms with Gasteiger partial charge in [-0.05, 0) is 13.1 Å². The van der Waals surface area contributed by atoms with Crippen molar-refractivity contribution in [1.29, 1.82) is 0 Å². The number of benzene rings is 1. The maximum absolute atomic E-state index is 13.1. The Morgan fingerprint density at radius 3 is 3.08 bits per heavy atom. The van der Waals surface area contributed by atoms with Crippen molar-refractivity contribution in [1.82, 2.24) is 5.32 Å². The fourth-order valence-corrected chi connectivity index (χ4v) is 1.40. The zero-order valence-electron chi connectivity index (χ0n) is 7.30. The van der Waals surface area contributed by atoms with E-state index in [9.17, 15) is 4.39 Å². The molecule has 1 N–H and O–H groups in total. The van der Waals surface area contributed by atoms with E-state index >= 15 is 0 Å². The van der Waals surface area contributed by atoms with E-state index in [1.807, 2.05) is 13.1 Å². The van der Waals surface area contributed by atoms with Gasteiger partial charge >= 0.3 is 0 Å². The van der Waals surface area contributed by atoms with Crippen LogP contribution >= 0.6 is 0 Å². The molecule has 0 fully saturated rings. The highest BCUT2D eigenvalue weighted by molar-refractivity contribution is 5.81. The van der Waals surface area contributed by atoms with Gasteiger partial charge in [-0.25, -0.2) is 4.39 Å². The third kappa shape index (κ3) is 1.31. The second kappa shape index (κ2) is 3.18. The van der Waals surface area contributed by atoms with Gasteiger partial charge in [-0.1, -0.05) is 12.1 Å². The number of nitrogens with one attached hydrogen (secondary N) is 1. The van der Waals surface area contributed by atoms with Gasteiger partial charge in [0.25, 0.3) is 0 Å². The molecule has 0 radical (unpaired) electrons. The Bertz CT molecular complexity index is 422. The first-order valence-corrected chi connectivity index (χ1v) is 4.12. The van der Waals surface area contributed by atoms with Gasteiger partial charge < -0.3 is 9.73 Å². The zero-order chi connectivity index (χ0) is 9.26. The summed E-state index contributed by atoms with van der Waals surface area (Å²) < 4.78 is 18.2. The number of rotatable bonds is 2. The van der Waals surface area contributed by atoms with Gasteiger partial charge in [-0.3, -0.25) is 0 Å². The largest absolute Gasteiger partial charge is 0.461 e. The van der Waals surface area contributed by atoms with Gasteiger partial charge in [-0.2, -0.15) is 0 Å². The van der Waals surface area contributed by atoms with Crippen LogP contribution in [0.5, 0.6) is 0 Å².